The summed E-state index contributed by atoms with van der Waals surface area (Å²) in [5.41, 5.74) is 7.40. The molecule has 178 valence electrons. The van der Waals surface area contributed by atoms with Crippen LogP contribution in [0.25, 0.3) is 28.5 Å². The number of nitrogens with zero attached hydrogens (tertiary/aromatic N) is 4. The standard InChI is InChI=1S/C26H19ClN6O3/c27-19-13-11-18(12-14-19)26-28-20(16-36-26)15-22(34)30-31-25(35)23-29-24(17-7-3-1-4-8-17)33(32-23)21-9-5-2-6-10-21/h1-14,16H,15H2,(H,30,34)(H,31,35). The number of carbonyl (C=O) groups is 2. The van der Waals surface area contributed by atoms with Gasteiger partial charge in [0.1, 0.15) is 6.26 Å². The Labute approximate surface area is 210 Å². The Morgan fingerprint density at radius 3 is 2.25 bits per heavy atom. The van der Waals surface area contributed by atoms with E-state index in [4.69, 9.17) is 16.0 Å². The van der Waals surface area contributed by atoms with Gasteiger partial charge < -0.3 is 4.42 Å². The molecule has 0 saturated heterocycles. The van der Waals surface area contributed by atoms with Crippen LogP contribution in [0.5, 0.6) is 0 Å². The fourth-order valence-electron chi connectivity index (χ4n) is 3.44. The van der Waals surface area contributed by atoms with Crippen molar-refractivity contribution in [2.24, 2.45) is 0 Å². The molecule has 0 radical (unpaired) electrons. The minimum absolute atomic E-state index is 0.0931. The molecule has 2 heterocycles. The second kappa shape index (κ2) is 10.2. The van der Waals surface area contributed by atoms with E-state index in [0.29, 0.717) is 22.4 Å². The summed E-state index contributed by atoms with van der Waals surface area (Å²) in [4.78, 5) is 33.8. The highest BCUT2D eigenvalue weighted by Gasteiger charge is 2.19. The Kier molecular flexibility index (Phi) is 6.55. The molecule has 0 aliphatic rings. The molecule has 36 heavy (non-hydrogen) atoms. The van der Waals surface area contributed by atoms with Crippen LogP contribution in [0.2, 0.25) is 5.02 Å². The molecule has 5 rings (SSSR count). The molecular weight excluding hydrogens is 480 g/mol. The van der Waals surface area contributed by atoms with Crippen molar-refractivity contribution < 1.29 is 14.0 Å². The summed E-state index contributed by atoms with van der Waals surface area (Å²) < 4.78 is 7.03. The summed E-state index contributed by atoms with van der Waals surface area (Å²) in [6.07, 6.45) is 1.29. The maximum atomic E-state index is 12.7. The van der Waals surface area contributed by atoms with Gasteiger partial charge in [-0.25, -0.2) is 14.6 Å². The molecule has 5 aromatic rings. The lowest BCUT2D eigenvalue weighted by molar-refractivity contribution is -0.121. The molecule has 0 saturated carbocycles. The third-order valence-electron chi connectivity index (χ3n) is 5.14. The first-order valence-corrected chi connectivity index (χ1v) is 11.3. The number of nitrogens with one attached hydrogen (secondary N) is 2. The van der Waals surface area contributed by atoms with E-state index in [1.165, 1.54) is 6.26 Å². The maximum absolute atomic E-state index is 12.7. The van der Waals surface area contributed by atoms with Gasteiger partial charge >= 0.3 is 5.91 Å². The maximum Gasteiger partial charge on any atom is 0.309 e. The van der Waals surface area contributed by atoms with Crippen molar-refractivity contribution in [3.8, 4) is 28.5 Å². The lowest BCUT2D eigenvalue weighted by atomic mass is 10.2. The molecule has 0 atom stereocenters. The Balaban J connectivity index is 1.26. The number of benzene rings is 3. The normalized spacial score (nSPS) is 10.7. The quantitative estimate of drug-likeness (QED) is 0.338. The van der Waals surface area contributed by atoms with Crippen LogP contribution in [0.4, 0.5) is 0 Å². The zero-order chi connectivity index (χ0) is 24.9. The highest BCUT2D eigenvalue weighted by molar-refractivity contribution is 6.30. The highest BCUT2D eigenvalue weighted by atomic mass is 35.5. The van der Waals surface area contributed by atoms with E-state index in [2.05, 4.69) is 25.9 Å². The van der Waals surface area contributed by atoms with Gasteiger partial charge in [0.2, 0.25) is 17.6 Å². The SMILES string of the molecule is O=C(Cc1coc(-c2ccc(Cl)cc2)n1)NNC(=O)c1nc(-c2ccccc2)n(-c2ccccc2)n1. The number of aromatic nitrogens is 4. The van der Waals surface area contributed by atoms with Gasteiger partial charge in [0.15, 0.2) is 5.82 Å². The Bertz CT molecular complexity index is 1440. The van der Waals surface area contributed by atoms with E-state index in [9.17, 15) is 9.59 Å². The van der Waals surface area contributed by atoms with E-state index in [1.54, 1.807) is 28.9 Å². The van der Waals surface area contributed by atoms with Gasteiger partial charge in [-0.2, -0.15) is 0 Å². The van der Waals surface area contributed by atoms with E-state index in [0.717, 1.165) is 16.8 Å². The largest absolute Gasteiger partial charge is 0.444 e. The average molecular weight is 499 g/mol. The van der Waals surface area contributed by atoms with Crippen molar-refractivity contribution in [3.63, 3.8) is 0 Å². The molecule has 0 aliphatic carbocycles. The van der Waals surface area contributed by atoms with Gasteiger partial charge in [-0.05, 0) is 36.4 Å². The molecule has 0 spiro atoms. The third kappa shape index (κ3) is 5.16. The van der Waals surface area contributed by atoms with Crippen LogP contribution in [0, 0.1) is 0 Å². The number of hydrogen-bond donors (Lipinski definition) is 2. The van der Waals surface area contributed by atoms with Gasteiger partial charge in [-0.3, -0.25) is 20.4 Å². The number of para-hydroxylation sites is 1. The fourth-order valence-corrected chi connectivity index (χ4v) is 3.56. The van der Waals surface area contributed by atoms with Crippen LogP contribution in [0.3, 0.4) is 0 Å². The summed E-state index contributed by atoms with van der Waals surface area (Å²) in [6, 6.07) is 25.7. The minimum atomic E-state index is -0.655. The molecule has 2 N–H and O–H groups in total. The third-order valence-corrected chi connectivity index (χ3v) is 5.40. The van der Waals surface area contributed by atoms with Crippen molar-refractivity contribution in [3.05, 3.63) is 108 Å². The highest BCUT2D eigenvalue weighted by Crippen LogP contribution is 2.22. The molecular formula is C26H19ClN6O3. The summed E-state index contributed by atoms with van der Waals surface area (Å²) in [6.45, 7) is 0. The number of oxazole rings is 1. The molecule has 3 aromatic carbocycles. The number of carbonyl (C=O) groups excluding carboxylic acids is 2. The summed E-state index contributed by atoms with van der Waals surface area (Å²) in [5, 5.41) is 4.96. The van der Waals surface area contributed by atoms with E-state index < -0.39 is 11.8 Å². The van der Waals surface area contributed by atoms with Crippen molar-refractivity contribution in [2.45, 2.75) is 6.42 Å². The second-order valence-electron chi connectivity index (χ2n) is 7.70. The van der Waals surface area contributed by atoms with E-state index >= 15 is 0 Å². The van der Waals surface area contributed by atoms with Crippen LogP contribution in [-0.2, 0) is 11.2 Å². The molecule has 0 fully saturated rings. The smallest absolute Gasteiger partial charge is 0.309 e. The topological polar surface area (TPSA) is 115 Å². The number of rotatable bonds is 6. The Morgan fingerprint density at radius 2 is 1.53 bits per heavy atom. The molecule has 2 aromatic heterocycles. The Morgan fingerprint density at radius 1 is 0.833 bits per heavy atom. The zero-order valence-electron chi connectivity index (χ0n) is 18.8. The number of hydrazine groups is 1. The first-order valence-electron chi connectivity index (χ1n) is 10.9. The molecule has 0 aliphatic heterocycles. The summed E-state index contributed by atoms with van der Waals surface area (Å²) in [5.74, 6) is -0.370. The number of hydrogen-bond acceptors (Lipinski definition) is 6. The van der Waals surface area contributed by atoms with Crippen molar-refractivity contribution in [2.75, 3.05) is 0 Å². The van der Waals surface area contributed by atoms with Gasteiger partial charge in [0.25, 0.3) is 0 Å². The molecule has 0 bridgehead atoms. The summed E-state index contributed by atoms with van der Waals surface area (Å²) >= 11 is 5.90. The minimum Gasteiger partial charge on any atom is -0.444 e. The molecule has 2 amide bonds. The van der Waals surface area contributed by atoms with E-state index in [1.807, 2.05) is 60.7 Å². The number of halogens is 1. The van der Waals surface area contributed by atoms with Crippen LogP contribution >= 0.6 is 11.6 Å². The van der Waals surface area contributed by atoms with Crippen molar-refractivity contribution >= 4 is 23.4 Å². The summed E-state index contributed by atoms with van der Waals surface area (Å²) in [7, 11) is 0. The molecule has 0 unspecified atom stereocenters. The second-order valence-corrected chi connectivity index (χ2v) is 8.14. The predicted octanol–water partition coefficient (Wildman–Crippen LogP) is 4.25. The van der Waals surface area contributed by atoms with Crippen LogP contribution in [0.15, 0.2) is 95.6 Å². The van der Waals surface area contributed by atoms with E-state index in [-0.39, 0.29) is 12.2 Å². The van der Waals surface area contributed by atoms with Crippen molar-refractivity contribution in [1.29, 1.82) is 0 Å². The lowest BCUT2D eigenvalue weighted by Crippen LogP contribution is -2.42. The molecule has 10 heteroatoms. The van der Waals surface area contributed by atoms with Gasteiger partial charge in [-0.1, -0.05) is 60.1 Å². The van der Waals surface area contributed by atoms with Gasteiger partial charge in [-0.15, -0.1) is 5.10 Å². The van der Waals surface area contributed by atoms with Gasteiger partial charge in [0, 0.05) is 16.1 Å². The van der Waals surface area contributed by atoms with Crippen molar-refractivity contribution in [1.82, 2.24) is 30.6 Å². The Hall–Kier alpha value is -4.76. The molecule has 9 nitrogen and oxygen atoms in total. The van der Waals surface area contributed by atoms with Crippen LogP contribution < -0.4 is 10.9 Å². The first-order chi connectivity index (χ1) is 17.6. The monoisotopic (exact) mass is 498 g/mol. The zero-order valence-corrected chi connectivity index (χ0v) is 19.5. The van der Waals surface area contributed by atoms with Crippen LogP contribution in [-0.4, -0.2) is 31.6 Å². The predicted molar refractivity (Wildman–Crippen MR) is 133 cm³/mol. The number of amides is 2. The first kappa shape index (κ1) is 23.0. The lowest BCUT2D eigenvalue weighted by Gasteiger charge is -2.05. The van der Waals surface area contributed by atoms with Gasteiger partial charge in [0.05, 0.1) is 17.8 Å². The average Bonchev–Trinajstić information content (AvgIpc) is 3.57. The van der Waals surface area contributed by atoms with Crippen LogP contribution in [0.1, 0.15) is 16.3 Å². The fraction of sp³-hybridized carbons (Fsp3) is 0.0385.